The molecule has 1 aromatic rings. The molecule has 2 rings (SSSR count). The normalized spacial score (nSPS) is 16.3. The Hall–Kier alpha value is -0.690. The van der Waals surface area contributed by atoms with Crippen LogP contribution in [0.15, 0.2) is 24.3 Å². The highest BCUT2D eigenvalue weighted by Gasteiger charge is 2.31. The molecule has 26 heavy (non-hydrogen) atoms. The largest absolute Gasteiger partial charge is 0.389 e. The Balaban J connectivity index is 0.00000312. The first kappa shape index (κ1) is 25.3. The number of hydrogen-bond donors (Lipinski definition) is 1. The van der Waals surface area contributed by atoms with Crippen molar-refractivity contribution in [3.8, 4) is 0 Å². The van der Waals surface area contributed by atoms with E-state index in [1.54, 1.807) is 0 Å². The maximum absolute atomic E-state index is 12.7. The Kier molecular flexibility index (Phi) is 11.6. The van der Waals surface area contributed by atoms with Gasteiger partial charge in [-0.1, -0.05) is 12.1 Å². The van der Waals surface area contributed by atoms with Crippen LogP contribution in [-0.2, 0) is 0 Å². The summed E-state index contributed by atoms with van der Waals surface area (Å²) in [4.78, 5) is 4.41. The number of anilines is 1. The van der Waals surface area contributed by atoms with E-state index in [1.165, 1.54) is 0 Å². The van der Waals surface area contributed by atoms with Crippen LogP contribution < -0.4 is 10.2 Å². The van der Waals surface area contributed by atoms with Crippen molar-refractivity contribution < 1.29 is 13.2 Å². The van der Waals surface area contributed by atoms with Crippen molar-refractivity contribution in [2.45, 2.75) is 38.9 Å². The fourth-order valence-corrected chi connectivity index (χ4v) is 3.35. The third kappa shape index (κ3) is 7.51. The lowest BCUT2D eigenvalue weighted by Gasteiger charge is -2.35. The molecule has 0 amide bonds. The Morgan fingerprint density at radius 1 is 1.04 bits per heavy atom. The lowest BCUT2D eigenvalue weighted by atomic mass is 9.99. The second kappa shape index (κ2) is 11.9. The first-order valence-electron chi connectivity index (χ1n) is 8.81. The minimum Gasteiger partial charge on any atom is -0.372 e. The van der Waals surface area contributed by atoms with Gasteiger partial charge in [0.2, 0.25) is 0 Å². The molecule has 0 saturated carbocycles. The third-order valence-corrected chi connectivity index (χ3v) is 4.70. The molecule has 0 aliphatic carbocycles. The molecule has 152 valence electrons. The molecule has 0 bridgehead atoms. The van der Waals surface area contributed by atoms with Crippen molar-refractivity contribution in [3.63, 3.8) is 0 Å². The van der Waals surface area contributed by atoms with E-state index < -0.39 is 12.6 Å². The summed E-state index contributed by atoms with van der Waals surface area (Å²) in [7, 11) is 0. The van der Waals surface area contributed by atoms with Crippen LogP contribution >= 0.6 is 24.8 Å². The lowest BCUT2D eigenvalue weighted by molar-refractivity contribution is -0.138. The fraction of sp³-hybridized carbons (Fsp3) is 0.667. The van der Waals surface area contributed by atoms with Crippen LogP contribution in [0.1, 0.15) is 38.3 Å². The van der Waals surface area contributed by atoms with Crippen LogP contribution in [0.2, 0.25) is 0 Å². The molecule has 0 aromatic heterocycles. The number of alkyl halides is 3. The van der Waals surface area contributed by atoms with Crippen molar-refractivity contribution in [1.82, 2.24) is 10.2 Å². The molecule has 1 aliphatic rings. The molecule has 0 spiro atoms. The maximum atomic E-state index is 12.7. The van der Waals surface area contributed by atoms with E-state index in [0.717, 1.165) is 50.5 Å². The molecule has 1 N–H and O–H groups in total. The van der Waals surface area contributed by atoms with E-state index in [1.807, 2.05) is 24.3 Å². The predicted octanol–water partition coefficient (Wildman–Crippen LogP) is 4.67. The average molecular weight is 416 g/mol. The van der Waals surface area contributed by atoms with Gasteiger partial charge in [-0.15, -0.1) is 24.8 Å². The number of piperazine rings is 1. The molecule has 3 nitrogen and oxygen atoms in total. The highest BCUT2D eigenvalue weighted by Crippen LogP contribution is 2.32. The van der Waals surface area contributed by atoms with Crippen molar-refractivity contribution in [2.24, 2.45) is 0 Å². The summed E-state index contributed by atoms with van der Waals surface area (Å²) >= 11 is 0. The van der Waals surface area contributed by atoms with E-state index in [2.05, 4.69) is 29.0 Å². The molecule has 0 unspecified atom stereocenters. The summed E-state index contributed by atoms with van der Waals surface area (Å²) < 4.78 is 38.2. The molecule has 1 aliphatic heterocycles. The molecule has 8 heteroatoms. The summed E-state index contributed by atoms with van der Waals surface area (Å²) in [6.07, 6.45) is -4.72. The van der Waals surface area contributed by atoms with E-state index >= 15 is 0 Å². The second-order valence-electron chi connectivity index (χ2n) is 6.22. The molecular formula is C18H30Cl2F3N3. The van der Waals surface area contributed by atoms with Crippen LogP contribution in [-0.4, -0.2) is 50.3 Å². The van der Waals surface area contributed by atoms with E-state index in [0.29, 0.717) is 0 Å². The van der Waals surface area contributed by atoms with Crippen molar-refractivity contribution in [1.29, 1.82) is 0 Å². The van der Waals surface area contributed by atoms with Crippen LogP contribution in [0.25, 0.3) is 0 Å². The number of benzene rings is 1. The number of rotatable bonds is 7. The highest BCUT2D eigenvalue weighted by molar-refractivity contribution is 5.85. The van der Waals surface area contributed by atoms with Crippen LogP contribution in [0.4, 0.5) is 18.9 Å². The molecule has 0 radical (unpaired) electrons. The standard InChI is InChI=1S/C18H28F3N3.2ClH/c1-3-23(4-2)16-7-5-15(6-8-16)17(9-10-18(19,20)21)24-13-11-22-12-14-24;;/h5-8,17,22H,3-4,9-14H2,1-2H3;2*1H/t17-;;/m1../s1. The summed E-state index contributed by atoms with van der Waals surface area (Å²) in [5.41, 5.74) is 2.11. The predicted molar refractivity (Wildman–Crippen MR) is 107 cm³/mol. The van der Waals surface area contributed by atoms with Gasteiger partial charge in [-0.05, 0) is 38.0 Å². The third-order valence-electron chi connectivity index (χ3n) is 4.70. The van der Waals surface area contributed by atoms with Gasteiger partial charge in [0.1, 0.15) is 0 Å². The number of nitrogens with zero attached hydrogens (tertiary/aromatic N) is 2. The Bertz CT molecular complexity index is 487. The van der Waals surface area contributed by atoms with Crippen molar-refractivity contribution in [2.75, 3.05) is 44.2 Å². The van der Waals surface area contributed by atoms with Gasteiger partial charge in [0.15, 0.2) is 0 Å². The van der Waals surface area contributed by atoms with Crippen LogP contribution in [0.3, 0.4) is 0 Å². The monoisotopic (exact) mass is 415 g/mol. The zero-order valence-electron chi connectivity index (χ0n) is 15.4. The Labute approximate surface area is 167 Å². The Morgan fingerprint density at radius 2 is 1.58 bits per heavy atom. The minimum atomic E-state index is -4.10. The van der Waals surface area contributed by atoms with Gasteiger partial charge in [0, 0.05) is 57.4 Å². The quantitative estimate of drug-likeness (QED) is 0.697. The van der Waals surface area contributed by atoms with Crippen LogP contribution in [0.5, 0.6) is 0 Å². The lowest BCUT2D eigenvalue weighted by Crippen LogP contribution is -2.45. The van der Waals surface area contributed by atoms with Gasteiger partial charge in [-0.2, -0.15) is 13.2 Å². The van der Waals surface area contributed by atoms with Gasteiger partial charge < -0.3 is 10.2 Å². The van der Waals surface area contributed by atoms with Gasteiger partial charge in [-0.3, -0.25) is 4.90 Å². The molecule has 1 atom stereocenters. The molecule has 1 heterocycles. The van der Waals surface area contributed by atoms with Crippen molar-refractivity contribution in [3.05, 3.63) is 29.8 Å². The van der Waals surface area contributed by atoms with Gasteiger partial charge in [0.25, 0.3) is 0 Å². The number of hydrogen-bond acceptors (Lipinski definition) is 3. The SMILES string of the molecule is CCN(CC)c1ccc([C@@H](CCC(F)(F)F)N2CCNCC2)cc1.Cl.Cl. The summed E-state index contributed by atoms with van der Waals surface area (Å²) in [5.74, 6) is 0. The smallest absolute Gasteiger partial charge is 0.372 e. The maximum Gasteiger partial charge on any atom is 0.389 e. The summed E-state index contributed by atoms with van der Waals surface area (Å²) in [6, 6.07) is 7.89. The van der Waals surface area contributed by atoms with Gasteiger partial charge in [-0.25, -0.2) is 0 Å². The minimum absolute atomic E-state index is 0. The van der Waals surface area contributed by atoms with Gasteiger partial charge in [0.05, 0.1) is 0 Å². The second-order valence-corrected chi connectivity index (χ2v) is 6.22. The van der Waals surface area contributed by atoms with Crippen molar-refractivity contribution >= 4 is 30.5 Å². The molecular weight excluding hydrogens is 386 g/mol. The van der Waals surface area contributed by atoms with Crippen LogP contribution in [0, 0.1) is 0 Å². The fourth-order valence-electron chi connectivity index (χ4n) is 3.35. The molecule has 1 aromatic carbocycles. The number of halogens is 5. The zero-order valence-corrected chi connectivity index (χ0v) is 17.0. The highest BCUT2D eigenvalue weighted by atomic mass is 35.5. The van der Waals surface area contributed by atoms with E-state index in [-0.39, 0.29) is 37.3 Å². The average Bonchev–Trinajstić information content (AvgIpc) is 2.57. The molecule has 1 fully saturated rings. The zero-order chi connectivity index (χ0) is 17.6. The Morgan fingerprint density at radius 3 is 2.04 bits per heavy atom. The van der Waals surface area contributed by atoms with E-state index in [9.17, 15) is 13.2 Å². The first-order valence-corrected chi connectivity index (χ1v) is 8.81. The summed E-state index contributed by atoms with van der Waals surface area (Å²) in [6.45, 7) is 9.30. The van der Waals surface area contributed by atoms with Gasteiger partial charge >= 0.3 is 6.18 Å². The first-order chi connectivity index (χ1) is 11.4. The summed E-state index contributed by atoms with van der Waals surface area (Å²) in [5, 5.41) is 3.26. The topological polar surface area (TPSA) is 18.5 Å². The molecule has 1 saturated heterocycles. The number of nitrogens with one attached hydrogen (secondary N) is 1. The van der Waals surface area contributed by atoms with E-state index in [4.69, 9.17) is 0 Å².